The quantitative estimate of drug-likeness (QED) is 0.308. The lowest BCUT2D eigenvalue weighted by atomic mass is 10.0. The molecule has 0 bridgehead atoms. The van der Waals surface area contributed by atoms with Crippen molar-refractivity contribution in [3.05, 3.63) is 63.1 Å². The first kappa shape index (κ1) is 20.4. The Morgan fingerprint density at radius 1 is 1.40 bits per heavy atom. The second kappa shape index (κ2) is 8.45. The smallest absolute Gasteiger partial charge is 0.340 e. The van der Waals surface area contributed by atoms with Crippen molar-refractivity contribution < 1.29 is 24.1 Å². The Morgan fingerprint density at radius 2 is 2.17 bits per heavy atom. The average Bonchev–Trinajstić information content (AvgIpc) is 3.38. The van der Waals surface area contributed by atoms with Crippen LogP contribution in [0.3, 0.4) is 0 Å². The Labute approximate surface area is 178 Å². The summed E-state index contributed by atoms with van der Waals surface area (Å²) in [7, 11) is 1.27. The topological polar surface area (TPSA) is 99.3 Å². The van der Waals surface area contributed by atoms with Crippen molar-refractivity contribution in [2.75, 3.05) is 13.7 Å². The van der Waals surface area contributed by atoms with Crippen LogP contribution in [0.25, 0.3) is 0 Å². The number of hydrazine groups is 1. The molecular formula is C20H21ClN4O5. The van der Waals surface area contributed by atoms with Gasteiger partial charge in [-0.2, -0.15) is 0 Å². The number of rotatable bonds is 5. The highest BCUT2D eigenvalue weighted by Gasteiger charge is 2.39. The van der Waals surface area contributed by atoms with E-state index in [2.05, 4.69) is 15.1 Å². The first-order chi connectivity index (χ1) is 14.5. The number of pyridine rings is 1. The van der Waals surface area contributed by atoms with Gasteiger partial charge in [0.25, 0.3) is 0 Å². The molecule has 0 unspecified atom stereocenters. The van der Waals surface area contributed by atoms with Gasteiger partial charge in [0.15, 0.2) is 11.8 Å². The fourth-order valence-electron chi connectivity index (χ4n) is 3.81. The summed E-state index contributed by atoms with van der Waals surface area (Å²) in [5, 5.41) is 17.2. The Kier molecular flexibility index (Phi) is 5.74. The molecule has 0 amide bonds. The molecule has 0 saturated carbocycles. The summed E-state index contributed by atoms with van der Waals surface area (Å²) in [4.78, 5) is 22.1. The zero-order valence-corrected chi connectivity index (χ0v) is 17.3. The maximum atomic E-state index is 12.9. The Bertz CT molecular complexity index is 982. The molecule has 1 saturated heterocycles. The third-order valence-electron chi connectivity index (χ3n) is 5.27. The van der Waals surface area contributed by atoms with Crippen LogP contribution in [-0.2, 0) is 21.0 Å². The van der Waals surface area contributed by atoms with Crippen LogP contribution in [0, 0.1) is 12.1 Å². The number of aryl methyl sites for hydroxylation is 1. The van der Waals surface area contributed by atoms with Crippen molar-refractivity contribution >= 4 is 17.6 Å². The van der Waals surface area contributed by atoms with Crippen LogP contribution in [0.2, 0.25) is 5.02 Å². The summed E-state index contributed by atoms with van der Waals surface area (Å²) >= 11 is 5.98. The van der Waals surface area contributed by atoms with Gasteiger partial charge in [-0.15, -0.1) is 5.01 Å². The third kappa shape index (κ3) is 3.78. The van der Waals surface area contributed by atoms with Crippen molar-refractivity contribution in [1.29, 1.82) is 0 Å². The zero-order chi connectivity index (χ0) is 21.3. The summed E-state index contributed by atoms with van der Waals surface area (Å²) in [6.45, 7) is 2.45. The van der Waals surface area contributed by atoms with E-state index >= 15 is 0 Å². The van der Waals surface area contributed by atoms with Gasteiger partial charge >= 0.3 is 5.97 Å². The Morgan fingerprint density at radius 3 is 2.90 bits per heavy atom. The highest BCUT2D eigenvalue weighted by molar-refractivity contribution is 6.30. The number of aromatic nitrogens is 1. The number of hydrogen-bond donors (Lipinski definition) is 0. The van der Waals surface area contributed by atoms with Crippen molar-refractivity contribution in [1.82, 2.24) is 9.99 Å². The Hall–Kier alpha value is -2.91. The molecule has 1 aromatic heterocycles. The minimum atomic E-state index is -0.744. The van der Waals surface area contributed by atoms with Gasteiger partial charge in [-0.05, 0) is 37.5 Å². The van der Waals surface area contributed by atoms with Gasteiger partial charge in [-0.3, -0.25) is 4.98 Å². The maximum Gasteiger partial charge on any atom is 0.340 e. The van der Waals surface area contributed by atoms with E-state index in [9.17, 15) is 10.0 Å². The molecule has 30 heavy (non-hydrogen) atoms. The predicted molar refractivity (Wildman–Crippen MR) is 105 cm³/mol. The number of benzene rings is 1. The molecule has 1 aromatic carbocycles. The van der Waals surface area contributed by atoms with E-state index in [0.717, 1.165) is 16.7 Å². The summed E-state index contributed by atoms with van der Waals surface area (Å²) < 4.78 is 11.7. The van der Waals surface area contributed by atoms with Crippen molar-refractivity contribution in [3.8, 4) is 5.75 Å². The normalized spacial score (nSPS) is 20.9. The maximum absolute atomic E-state index is 12.9. The highest BCUT2D eigenvalue weighted by atomic mass is 35.5. The minimum Gasteiger partial charge on any atom is -0.569 e. The molecule has 2 aliphatic heterocycles. The molecule has 158 valence electrons. The molecule has 2 aromatic rings. The van der Waals surface area contributed by atoms with Crippen LogP contribution in [-0.4, -0.2) is 40.6 Å². The van der Waals surface area contributed by atoms with E-state index in [-0.39, 0.29) is 12.7 Å². The minimum absolute atomic E-state index is 0.287. The van der Waals surface area contributed by atoms with E-state index in [4.69, 9.17) is 21.1 Å². The number of halogens is 1. The van der Waals surface area contributed by atoms with E-state index in [1.807, 2.05) is 12.1 Å². The van der Waals surface area contributed by atoms with Crippen molar-refractivity contribution in [2.24, 2.45) is 5.28 Å². The molecular weight excluding hydrogens is 412 g/mol. The zero-order valence-electron chi connectivity index (χ0n) is 16.6. The van der Waals surface area contributed by atoms with E-state index < -0.39 is 12.0 Å². The van der Waals surface area contributed by atoms with Crippen molar-refractivity contribution in [3.63, 3.8) is 0 Å². The molecule has 10 heteroatoms. The van der Waals surface area contributed by atoms with Gasteiger partial charge in [0.2, 0.25) is 5.28 Å². The number of hydrogen-bond acceptors (Lipinski definition) is 7. The molecule has 1 fully saturated rings. The highest BCUT2D eigenvalue weighted by Crippen LogP contribution is 2.41. The molecule has 4 rings (SSSR count). The summed E-state index contributed by atoms with van der Waals surface area (Å²) in [6.07, 6.45) is 2.59. The molecule has 9 nitrogen and oxygen atoms in total. The number of carbonyl (C=O) groups excluding carboxylic acids is 1. The van der Waals surface area contributed by atoms with Crippen LogP contribution in [0.5, 0.6) is 5.75 Å². The number of esters is 1. The van der Waals surface area contributed by atoms with Gasteiger partial charge in [0, 0.05) is 22.3 Å². The largest absolute Gasteiger partial charge is 0.569 e. The first-order valence-electron chi connectivity index (χ1n) is 9.54. The fraction of sp³-hybridized carbons (Fsp3) is 0.400. The van der Waals surface area contributed by atoms with Gasteiger partial charge in [0.1, 0.15) is 13.2 Å². The number of ether oxygens (including phenoxy) is 2. The van der Waals surface area contributed by atoms with Crippen LogP contribution in [0.4, 0.5) is 0 Å². The van der Waals surface area contributed by atoms with Crippen LogP contribution in [0.15, 0.2) is 35.7 Å². The average molecular weight is 433 g/mol. The standard InChI is InChI=1S/C20H21ClN4O5/c1-12-18(30-20(26)17-4-3-9-24(17)25(27)23-28-2)16-11-29-19(15(16)10-22-12)13-5-7-14(21)8-6-13/h5-8,10,17,19H,3-4,9,11H2,1-2H3/b25-23+/t17-,19-/m0/s1. The molecule has 2 atom stereocenters. The van der Waals surface area contributed by atoms with Crippen LogP contribution >= 0.6 is 11.6 Å². The van der Waals surface area contributed by atoms with Gasteiger partial charge in [-0.1, -0.05) is 23.7 Å². The molecule has 2 aliphatic rings. The molecule has 0 aliphatic carbocycles. The lowest BCUT2D eigenvalue weighted by molar-refractivity contribution is -0.711. The molecule has 0 N–H and O–H groups in total. The predicted octanol–water partition coefficient (Wildman–Crippen LogP) is 3.47. The van der Waals surface area contributed by atoms with Gasteiger partial charge in [-0.25, -0.2) is 4.79 Å². The van der Waals surface area contributed by atoms with E-state index in [1.54, 1.807) is 25.3 Å². The number of nitrogens with zero attached hydrogens (tertiary/aromatic N) is 4. The molecule has 0 radical (unpaired) electrons. The number of fused-ring (bicyclic) bond motifs is 1. The first-order valence-corrected chi connectivity index (χ1v) is 9.92. The SMILES string of the molecule is CO/N=[N+](/[O-])N1CCC[C@H]1C(=O)Oc1c(C)ncc2c1CO[C@H]2c1ccc(Cl)cc1. The lowest BCUT2D eigenvalue weighted by Gasteiger charge is -2.19. The molecule has 3 heterocycles. The van der Waals surface area contributed by atoms with Gasteiger partial charge in [0.05, 0.1) is 23.8 Å². The molecule has 0 spiro atoms. The third-order valence-corrected chi connectivity index (χ3v) is 5.52. The summed E-state index contributed by atoms with van der Waals surface area (Å²) in [5.41, 5.74) is 3.13. The summed E-state index contributed by atoms with van der Waals surface area (Å²) in [5.74, 6) is -0.158. The monoisotopic (exact) mass is 432 g/mol. The van der Waals surface area contributed by atoms with Crippen LogP contribution < -0.4 is 4.74 Å². The lowest BCUT2D eigenvalue weighted by Crippen LogP contribution is -2.42. The van der Waals surface area contributed by atoms with Gasteiger partial charge < -0.3 is 19.5 Å². The second-order valence-electron chi connectivity index (χ2n) is 7.11. The second-order valence-corrected chi connectivity index (χ2v) is 7.54. The fourth-order valence-corrected chi connectivity index (χ4v) is 3.94. The summed E-state index contributed by atoms with van der Waals surface area (Å²) in [6, 6.07) is 6.65. The van der Waals surface area contributed by atoms with Crippen molar-refractivity contribution in [2.45, 2.75) is 38.5 Å². The van der Waals surface area contributed by atoms with E-state index in [1.165, 1.54) is 12.1 Å². The number of carbonyl (C=O) groups is 1. The Balaban J connectivity index is 1.59. The van der Waals surface area contributed by atoms with Crippen LogP contribution in [0.1, 0.15) is 41.3 Å². The van der Waals surface area contributed by atoms with E-state index in [0.29, 0.717) is 40.8 Å².